The molecule has 0 aliphatic heterocycles. The predicted molar refractivity (Wildman–Crippen MR) is 72.1 cm³/mol. The molecule has 0 aliphatic carbocycles. The van der Waals surface area contributed by atoms with Crippen molar-refractivity contribution in [3.63, 3.8) is 0 Å². The van der Waals surface area contributed by atoms with Crippen LogP contribution in [0, 0.1) is 10.1 Å². The van der Waals surface area contributed by atoms with E-state index >= 15 is 0 Å². The third-order valence-corrected chi connectivity index (χ3v) is 3.23. The Labute approximate surface area is 116 Å². The topological polar surface area (TPSA) is 113 Å². The zero-order chi connectivity index (χ0) is 15.2. The van der Waals surface area contributed by atoms with E-state index in [0.29, 0.717) is 6.42 Å². The molecule has 0 unspecified atom stereocenters. The molecule has 1 amide bonds. The molecule has 0 spiro atoms. The Morgan fingerprint density at radius 2 is 1.95 bits per heavy atom. The van der Waals surface area contributed by atoms with Gasteiger partial charge in [-0.2, -0.15) is 0 Å². The highest BCUT2D eigenvalue weighted by atomic mass is 16.6. The average molecular weight is 282 g/mol. The minimum absolute atomic E-state index is 0.127. The van der Waals surface area contributed by atoms with Gasteiger partial charge >= 0.3 is 0 Å². The molecule has 0 radical (unpaired) electrons. The number of aliphatic hydroxyl groups excluding tert-OH is 2. The molecular weight excluding hydrogens is 264 g/mol. The summed E-state index contributed by atoms with van der Waals surface area (Å²) >= 11 is 0. The minimum atomic E-state index is -1.10. The Morgan fingerprint density at radius 3 is 2.45 bits per heavy atom. The fourth-order valence-electron chi connectivity index (χ4n) is 1.79. The molecule has 1 rings (SSSR count). The molecule has 0 aromatic heterocycles. The van der Waals surface area contributed by atoms with Gasteiger partial charge in [0.05, 0.1) is 30.1 Å². The number of hydrogen-bond acceptors (Lipinski definition) is 5. The van der Waals surface area contributed by atoms with Crippen molar-refractivity contribution in [2.75, 3.05) is 13.2 Å². The molecule has 0 atom stereocenters. The first kappa shape index (κ1) is 16.1. The van der Waals surface area contributed by atoms with Crippen LogP contribution in [0.15, 0.2) is 24.3 Å². The monoisotopic (exact) mass is 282 g/mol. The number of nitrogens with one attached hydrogen (secondary N) is 1. The fourth-order valence-corrected chi connectivity index (χ4v) is 1.79. The summed E-state index contributed by atoms with van der Waals surface area (Å²) in [4.78, 5) is 22.2. The van der Waals surface area contributed by atoms with Crippen LogP contribution in [0.1, 0.15) is 18.9 Å². The molecule has 20 heavy (non-hydrogen) atoms. The van der Waals surface area contributed by atoms with Crippen LogP contribution in [0.25, 0.3) is 0 Å². The maximum Gasteiger partial charge on any atom is 0.273 e. The van der Waals surface area contributed by atoms with Crippen molar-refractivity contribution in [1.29, 1.82) is 0 Å². The van der Waals surface area contributed by atoms with E-state index in [1.807, 2.05) is 0 Å². The van der Waals surface area contributed by atoms with Crippen LogP contribution in [-0.4, -0.2) is 39.8 Å². The maximum atomic E-state index is 11.9. The molecule has 0 heterocycles. The summed E-state index contributed by atoms with van der Waals surface area (Å²) in [5.41, 5.74) is -0.936. The molecule has 0 bridgehead atoms. The number of amides is 1. The summed E-state index contributed by atoms with van der Waals surface area (Å²) in [5.74, 6) is -0.482. The molecule has 3 N–H and O–H groups in total. The molecule has 0 saturated heterocycles. The number of nitrogens with zero attached hydrogens (tertiary/aromatic N) is 1. The molecule has 0 saturated carbocycles. The van der Waals surface area contributed by atoms with E-state index in [1.165, 1.54) is 18.2 Å². The number of para-hydroxylation sites is 1. The first-order valence-electron chi connectivity index (χ1n) is 6.23. The Hall–Kier alpha value is -1.99. The second-order valence-electron chi connectivity index (χ2n) is 4.56. The molecule has 1 aromatic carbocycles. The number of nitro benzene ring substituents is 1. The quantitative estimate of drug-likeness (QED) is 0.494. The summed E-state index contributed by atoms with van der Waals surface area (Å²) in [6, 6.07) is 5.97. The Morgan fingerprint density at radius 1 is 1.35 bits per heavy atom. The molecule has 0 aliphatic rings. The van der Waals surface area contributed by atoms with Gasteiger partial charge in [0.15, 0.2) is 0 Å². The van der Waals surface area contributed by atoms with Gasteiger partial charge in [0.25, 0.3) is 5.69 Å². The van der Waals surface area contributed by atoms with E-state index in [-0.39, 0.29) is 17.7 Å². The van der Waals surface area contributed by atoms with Crippen LogP contribution in [0.2, 0.25) is 0 Å². The number of aliphatic hydroxyl groups is 2. The molecule has 1 aromatic rings. The van der Waals surface area contributed by atoms with Crippen molar-refractivity contribution in [3.05, 3.63) is 39.9 Å². The van der Waals surface area contributed by atoms with Crippen molar-refractivity contribution in [3.8, 4) is 0 Å². The Bertz CT molecular complexity index is 477. The Balaban J connectivity index is 2.84. The van der Waals surface area contributed by atoms with E-state index in [2.05, 4.69) is 5.32 Å². The number of carbonyl (C=O) groups is 1. The van der Waals surface area contributed by atoms with E-state index in [4.69, 9.17) is 0 Å². The lowest BCUT2D eigenvalue weighted by Crippen LogP contribution is -2.54. The lowest BCUT2D eigenvalue weighted by molar-refractivity contribution is -0.385. The summed E-state index contributed by atoms with van der Waals surface area (Å²) in [7, 11) is 0. The van der Waals surface area contributed by atoms with E-state index in [1.54, 1.807) is 13.0 Å². The van der Waals surface area contributed by atoms with Crippen LogP contribution >= 0.6 is 0 Å². The van der Waals surface area contributed by atoms with Gasteiger partial charge in [0.2, 0.25) is 5.91 Å². The third-order valence-electron chi connectivity index (χ3n) is 3.23. The number of nitro groups is 1. The lowest BCUT2D eigenvalue weighted by atomic mass is 9.97. The van der Waals surface area contributed by atoms with Gasteiger partial charge in [-0.05, 0) is 6.42 Å². The first-order chi connectivity index (χ1) is 9.48. The SMILES string of the molecule is CCC(CO)(CO)NC(=O)Cc1ccccc1[N+](=O)[O-]. The first-order valence-corrected chi connectivity index (χ1v) is 6.23. The molecule has 7 nitrogen and oxygen atoms in total. The number of benzene rings is 1. The van der Waals surface area contributed by atoms with Crippen molar-refractivity contribution in [1.82, 2.24) is 5.32 Å². The van der Waals surface area contributed by atoms with Crippen LogP contribution in [0.5, 0.6) is 0 Å². The zero-order valence-corrected chi connectivity index (χ0v) is 11.2. The van der Waals surface area contributed by atoms with Crippen LogP contribution in [0.3, 0.4) is 0 Å². The summed E-state index contributed by atoms with van der Waals surface area (Å²) < 4.78 is 0. The van der Waals surface area contributed by atoms with Crippen molar-refractivity contribution in [2.45, 2.75) is 25.3 Å². The predicted octanol–water partition coefficient (Wildman–Crippen LogP) is 0.387. The number of hydrogen-bond donors (Lipinski definition) is 3. The molecule has 0 fully saturated rings. The Kier molecular flexibility index (Phi) is 5.60. The highest BCUT2D eigenvalue weighted by molar-refractivity contribution is 5.80. The van der Waals surface area contributed by atoms with Gasteiger partial charge in [-0.15, -0.1) is 0 Å². The van der Waals surface area contributed by atoms with Crippen LogP contribution in [0.4, 0.5) is 5.69 Å². The highest BCUT2D eigenvalue weighted by Crippen LogP contribution is 2.18. The normalized spacial score (nSPS) is 11.2. The van der Waals surface area contributed by atoms with Crippen LogP contribution in [-0.2, 0) is 11.2 Å². The lowest BCUT2D eigenvalue weighted by Gasteiger charge is -2.29. The fraction of sp³-hybridized carbons (Fsp3) is 0.462. The van der Waals surface area contributed by atoms with Gasteiger partial charge < -0.3 is 15.5 Å². The van der Waals surface area contributed by atoms with Crippen LogP contribution < -0.4 is 5.32 Å². The third kappa shape index (κ3) is 3.75. The summed E-state index contributed by atoms with van der Waals surface area (Å²) in [5, 5.41) is 31.9. The van der Waals surface area contributed by atoms with Crippen molar-refractivity contribution in [2.24, 2.45) is 0 Å². The standard InChI is InChI=1S/C13H18N2O5/c1-2-13(8-16,9-17)14-12(18)7-10-5-3-4-6-11(10)15(19)20/h3-6,16-17H,2,7-9H2,1H3,(H,14,18). The van der Waals surface area contributed by atoms with Gasteiger partial charge in [-0.25, -0.2) is 0 Å². The van der Waals surface area contributed by atoms with Gasteiger partial charge in [-0.3, -0.25) is 14.9 Å². The number of carbonyl (C=O) groups excluding carboxylic acids is 1. The second-order valence-corrected chi connectivity index (χ2v) is 4.56. The second kappa shape index (κ2) is 6.97. The van der Waals surface area contributed by atoms with Crippen molar-refractivity contribution >= 4 is 11.6 Å². The molecular formula is C13H18N2O5. The average Bonchev–Trinajstić information content (AvgIpc) is 2.45. The summed E-state index contributed by atoms with van der Waals surface area (Å²) in [6.07, 6.45) is 0.168. The van der Waals surface area contributed by atoms with E-state index < -0.39 is 29.6 Å². The van der Waals surface area contributed by atoms with E-state index in [0.717, 1.165) is 0 Å². The van der Waals surface area contributed by atoms with Gasteiger partial charge in [0, 0.05) is 11.6 Å². The zero-order valence-electron chi connectivity index (χ0n) is 11.2. The highest BCUT2D eigenvalue weighted by Gasteiger charge is 2.29. The summed E-state index contributed by atoms with van der Waals surface area (Å²) in [6.45, 7) is 0.920. The largest absolute Gasteiger partial charge is 0.394 e. The van der Waals surface area contributed by atoms with E-state index in [9.17, 15) is 25.1 Å². The van der Waals surface area contributed by atoms with Gasteiger partial charge in [0.1, 0.15) is 0 Å². The smallest absolute Gasteiger partial charge is 0.273 e. The van der Waals surface area contributed by atoms with Crippen molar-refractivity contribution < 1.29 is 19.9 Å². The number of rotatable bonds is 7. The molecule has 7 heteroatoms. The maximum absolute atomic E-state index is 11.9. The minimum Gasteiger partial charge on any atom is -0.394 e. The molecule has 110 valence electrons. The van der Waals surface area contributed by atoms with Gasteiger partial charge in [-0.1, -0.05) is 25.1 Å².